The van der Waals surface area contributed by atoms with Crippen molar-refractivity contribution in [2.24, 2.45) is 5.92 Å². The maximum Gasteiger partial charge on any atom is 0.273 e. The second-order valence-electron chi connectivity index (χ2n) is 4.16. The lowest BCUT2D eigenvalue weighted by Crippen LogP contribution is -2.37. The Morgan fingerprint density at radius 3 is 3.07 bits per heavy atom. The number of amides is 1. The van der Waals surface area contributed by atoms with Crippen molar-refractivity contribution in [2.75, 3.05) is 6.54 Å². The van der Waals surface area contributed by atoms with Gasteiger partial charge in [-0.1, -0.05) is 0 Å². The summed E-state index contributed by atoms with van der Waals surface area (Å²) in [7, 11) is 0. The number of thiazole rings is 1. The summed E-state index contributed by atoms with van der Waals surface area (Å²) >= 11 is 1.49. The molecule has 2 fully saturated rings. The number of likely N-dealkylation sites (tertiary alicyclic amines) is 1. The smallest absolute Gasteiger partial charge is 0.273 e. The van der Waals surface area contributed by atoms with Crippen LogP contribution in [0.4, 0.5) is 0 Å². The summed E-state index contributed by atoms with van der Waals surface area (Å²) in [6.07, 6.45) is 3.72. The Kier molecular flexibility index (Phi) is 1.83. The van der Waals surface area contributed by atoms with E-state index in [2.05, 4.69) is 4.98 Å². The number of carbonyl (C=O) groups excluding carboxylic acids is 1. The third-order valence-corrected chi connectivity index (χ3v) is 3.91. The summed E-state index contributed by atoms with van der Waals surface area (Å²) in [4.78, 5) is 18.1. The first-order valence-electron chi connectivity index (χ1n) is 5.04. The monoisotopic (exact) mass is 208 g/mol. The van der Waals surface area contributed by atoms with E-state index in [0.717, 1.165) is 12.5 Å². The summed E-state index contributed by atoms with van der Waals surface area (Å²) < 4.78 is 0. The van der Waals surface area contributed by atoms with Crippen LogP contribution in [0, 0.1) is 5.92 Å². The summed E-state index contributed by atoms with van der Waals surface area (Å²) in [6.45, 7) is 0.959. The standard InChI is InChI=1S/C10H12N2OS/c13-10(9-5-14-6-11-9)12-4-7-1-2-8(12)3-7/h5-8H,1-4H2. The van der Waals surface area contributed by atoms with E-state index in [1.807, 2.05) is 10.3 Å². The molecule has 3 nitrogen and oxygen atoms in total. The molecule has 0 radical (unpaired) electrons. The minimum Gasteiger partial charge on any atom is -0.334 e. The molecule has 74 valence electrons. The zero-order valence-corrected chi connectivity index (χ0v) is 8.67. The van der Waals surface area contributed by atoms with Crippen LogP contribution < -0.4 is 0 Å². The van der Waals surface area contributed by atoms with Gasteiger partial charge >= 0.3 is 0 Å². The molecule has 14 heavy (non-hydrogen) atoms. The van der Waals surface area contributed by atoms with Crippen LogP contribution >= 0.6 is 11.3 Å². The second kappa shape index (κ2) is 3.05. The van der Waals surface area contributed by atoms with Gasteiger partial charge in [-0.25, -0.2) is 4.98 Å². The van der Waals surface area contributed by atoms with Crippen LogP contribution in [0.25, 0.3) is 0 Å². The van der Waals surface area contributed by atoms with E-state index in [9.17, 15) is 4.79 Å². The summed E-state index contributed by atoms with van der Waals surface area (Å²) in [5.74, 6) is 0.904. The molecule has 0 N–H and O–H groups in total. The number of hydrogen-bond acceptors (Lipinski definition) is 3. The fourth-order valence-electron chi connectivity index (χ4n) is 2.64. The lowest BCUT2D eigenvalue weighted by Gasteiger charge is -2.26. The lowest BCUT2D eigenvalue weighted by molar-refractivity contribution is 0.0698. The largest absolute Gasteiger partial charge is 0.334 e. The minimum absolute atomic E-state index is 0.137. The zero-order valence-electron chi connectivity index (χ0n) is 7.85. The maximum absolute atomic E-state index is 12.0. The fourth-order valence-corrected chi connectivity index (χ4v) is 3.16. The lowest BCUT2D eigenvalue weighted by atomic mass is 10.1. The van der Waals surface area contributed by atoms with Crippen LogP contribution in [0.15, 0.2) is 10.9 Å². The van der Waals surface area contributed by atoms with Gasteiger partial charge in [0.25, 0.3) is 5.91 Å². The third-order valence-electron chi connectivity index (χ3n) is 3.32. The number of fused-ring (bicyclic) bond motifs is 2. The molecule has 2 aliphatic rings. The van der Waals surface area contributed by atoms with Crippen molar-refractivity contribution in [3.8, 4) is 0 Å². The molecular formula is C10H12N2OS. The van der Waals surface area contributed by atoms with Gasteiger partial charge in [0.15, 0.2) is 0 Å². The molecule has 1 saturated heterocycles. The van der Waals surface area contributed by atoms with Gasteiger partial charge < -0.3 is 4.90 Å². The number of rotatable bonds is 1. The average molecular weight is 208 g/mol. The average Bonchev–Trinajstić information content (AvgIpc) is 2.93. The Morgan fingerprint density at radius 2 is 2.50 bits per heavy atom. The highest BCUT2D eigenvalue weighted by Gasteiger charge is 2.40. The molecule has 1 aliphatic carbocycles. The van der Waals surface area contributed by atoms with Gasteiger partial charge in [0.2, 0.25) is 0 Å². The predicted molar refractivity (Wildman–Crippen MR) is 54.3 cm³/mol. The van der Waals surface area contributed by atoms with Gasteiger partial charge in [0, 0.05) is 18.0 Å². The molecule has 1 saturated carbocycles. The van der Waals surface area contributed by atoms with Crippen LogP contribution in [0.2, 0.25) is 0 Å². The Bertz CT molecular complexity index is 349. The molecule has 0 aromatic carbocycles. The van der Waals surface area contributed by atoms with Crippen molar-refractivity contribution >= 4 is 17.2 Å². The number of aromatic nitrogens is 1. The highest BCUT2D eigenvalue weighted by atomic mass is 32.1. The van der Waals surface area contributed by atoms with E-state index < -0.39 is 0 Å². The van der Waals surface area contributed by atoms with Crippen LogP contribution in [0.3, 0.4) is 0 Å². The normalized spacial score (nSPS) is 29.9. The SMILES string of the molecule is O=C(c1cscn1)N1CC2CCC1C2. The summed E-state index contributed by atoms with van der Waals surface area (Å²) in [5.41, 5.74) is 2.35. The van der Waals surface area contributed by atoms with Crippen LogP contribution in [-0.4, -0.2) is 28.4 Å². The Balaban J connectivity index is 1.81. The number of hydrogen-bond donors (Lipinski definition) is 0. The van der Waals surface area contributed by atoms with Gasteiger partial charge in [0.1, 0.15) is 5.69 Å². The van der Waals surface area contributed by atoms with E-state index in [4.69, 9.17) is 0 Å². The van der Waals surface area contributed by atoms with Gasteiger partial charge in [-0.2, -0.15) is 0 Å². The first kappa shape index (κ1) is 8.41. The Labute approximate surface area is 86.8 Å². The first-order chi connectivity index (χ1) is 6.84. The minimum atomic E-state index is 0.137. The molecule has 3 rings (SSSR count). The molecule has 2 atom stereocenters. The molecule has 4 heteroatoms. The molecule has 1 amide bonds. The summed E-state index contributed by atoms with van der Waals surface area (Å²) in [5, 5.41) is 1.84. The predicted octanol–water partition coefficient (Wildman–Crippen LogP) is 1.77. The van der Waals surface area contributed by atoms with Crippen molar-refractivity contribution in [2.45, 2.75) is 25.3 Å². The number of nitrogens with zero attached hydrogens (tertiary/aromatic N) is 2. The summed E-state index contributed by atoms with van der Waals surface area (Å²) in [6, 6.07) is 0.509. The van der Waals surface area contributed by atoms with Crippen LogP contribution in [0.5, 0.6) is 0 Å². The Morgan fingerprint density at radius 1 is 1.57 bits per heavy atom. The van der Waals surface area contributed by atoms with Gasteiger partial charge in [-0.3, -0.25) is 4.79 Å². The highest BCUT2D eigenvalue weighted by Crippen LogP contribution is 2.37. The van der Waals surface area contributed by atoms with Gasteiger partial charge in [-0.05, 0) is 25.2 Å². The Hall–Kier alpha value is -0.900. The third kappa shape index (κ3) is 1.17. The van der Waals surface area contributed by atoms with Crippen molar-refractivity contribution in [1.29, 1.82) is 0 Å². The van der Waals surface area contributed by atoms with E-state index in [-0.39, 0.29) is 5.91 Å². The number of piperidine rings is 1. The molecule has 1 aromatic heterocycles. The molecule has 2 bridgehead atoms. The maximum atomic E-state index is 12.0. The van der Waals surface area contributed by atoms with Crippen molar-refractivity contribution < 1.29 is 4.79 Å². The van der Waals surface area contributed by atoms with Crippen molar-refractivity contribution in [3.05, 3.63) is 16.6 Å². The van der Waals surface area contributed by atoms with Crippen LogP contribution in [-0.2, 0) is 0 Å². The van der Waals surface area contributed by atoms with Gasteiger partial charge in [-0.15, -0.1) is 11.3 Å². The van der Waals surface area contributed by atoms with E-state index >= 15 is 0 Å². The van der Waals surface area contributed by atoms with Gasteiger partial charge in [0.05, 0.1) is 5.51 Å². The molecular weight excluding hydrogens is 196 g/mol. The zero-order chi connectivity index (χ0) is 9.54. The fraction of sp³-hybridized carbons (Fsp3) is 0.600. The topological polar surface area (TPSA) is 33.2 Å². The molecule has 2 heterocycles. The second-order valence-corrected chi connectivity index (χ2v) is 4.88. The van der Waals surface area contributed by atoms with Crippen molar-refractivity contribution in [1.82, 2.24) is 9.88 Å². The molecule has 1 aliphatic heterocycles. The van der Waals surface area contributed by atoms with Crippen molar-refractivity contribution in [3.63, 3.8) is 0 Å². The highest BCUT2D eigenvalue weighted by molar-refractivity contribution is 7.07. The number of carbonyl (C=O) groups is 1. The van der Waals surface area contributed by atoms with E-state index in [0.29, 0.717) is 11.7 Å². The first-order valence-corrected chi connectivity index (χ1v) is 5.98. The van der Waals surface area contributed by atoms with Crippen LogP contribution in [0.1, 0.15) is 29.8 Å². The van der Waals surface area contributed by atoms with E-state index in [1.54, 1.807) is 5.51 Å². The quantitative estimate of drug-likeness (QED) is 0.704. The molecule has 1 aromatic rings. The van der Waals surface area contributed by atoms with E-state index in [1.165, 1.54) is 30.6 Å². The molecule has 2 unspecified atom stereocenters. The molecule has 0 spiro atoms.